The maximum absolute atomic E-state index is 12.2. The number of carbonyl (C=O) groups is 2. The fraction of sp³-hybridized carbons (Fsp3) is 0.0476. The monoisotopic (exact) mass is 399 g/mol. The van der Waals surface area contributed by atoms with Crippen LogP contribution in [0.2, 0.25) is 10.0 Å². The molecular formula is C21H15Cl2NO3. The predicted octanol–water partition coefficient (Wildman–Crippen LogP) is 5.46. The summed E-state index contributed by atoms with van der Waals surface area (Å²) in [5.74, 6) is -1.12. The fourth-order valence-electron chi connectivity index (χ4n) is 2.53. The number of ether oxygens (including phenoxy) is 1. The quantitative estimate of drug-likeness (QED) is 0.579. The van der Waals surface area contributed by atoms with Crippen molar-refractivity contribution in [2.24, 2.45) is 0 Å². The molecule has 3 aromatic carbocycles. The zero-order valence-corrected chi connectivity index (χ0v) is 15.6. The number of hydrogen-bond donors (Lipinski definition) is 1. The average molecular weight is 400 g/mol. The number of nitrogens with one attached hydrogen (secondary N) is 1. The van der Waals surface area contributed by atoms with E-state index in [0.29, 0.717) is 15.7 Å². The van der Waals surface area contributed by atoms with E-state index in [1.165, 1.54) is 18.2 Å². The van der Waals surface area contributed by atoms with E-state index in [4.69, 9.17) is 27.9 Å². The third-order valence-corrected chi connectivity index (χ3v) is 4.15. The van der Waals surface area contributed by atoms with Crippen LogP contribution in [0.3, 0.4) is 0 Å². The van der Waals surface area contributed by atoms with E-state index in [-0.39, 0.29) is 5.56 Å². The summed E-state index contributed by atoms with van der Waals surface area (Å²) < 4.78 is 5.05. The van der Waals surface area contributed by atoms with Crippen LogP contribution in [0.15, 0.2) is 72.8 Å². The van der Waals surface area contributed by atoms with Crippen molar-refractivity contribution in [1.82, 2.24) is 0 Å². The Bertz CT molecular complexity index is 954. The molecule has 0 aliphatic rings. The molecule has 0 heterocycles. The lowest BCUT2D eigenvalue weighted by Crippen LogP contribution is -2.21. The Hall–Kier alpha value is -2.82. The molecule has 3 rings (SSSR count). The lowest BCUT2D eigenvalue weighted by Gasteiger charge is -2.11. The van der Waals surface area contributed by atoms with Gasteiger partial charge in [-0.15, -0.1) is 0 Å². The van der Waals surface area contributed by atoms with Gasteiger partial charge >= 0.3 is 5.97 Å². The van der Waals surface area contributed by atoms with Gasteiger partial charge in [-0.25, -0.2) is 4.79 Å². The van der Waals surface area contributed by atoms with Crippen LogP contribution in [0.25, 0.3) is 11.1 Å². The minimum Gasteiger partial charge on any atom is -0.452 e. The summed E-state index contributed by atoms with van der Waals surface area (Å²) in [7, 11) is 0. The smallest absolute Gasteiger partial charge is 0.338 e. The van der Waals surface area contributed by atoms with Crippen molar-refractivity contribution >= 4 is 40.8 Å². The topological polar surface area (TPSA) is 55.4 Å². The van der Waals surface area contributed by atoms with Gasteiger partial charge in [-0.05, 0) is 29.8 Å². The van der Waals surface area contributed by atoms with E-state index < -0.39 is 18.5 Å². The van der Waals surface area contributed by atoms with Gasteiger partial charge in [0, 0.05) is 21.3 Å². The molecular weight excluding hydrogens is 385 g/mol. The molecule has 0 radical (unpaired) electrons. The number of hydrogen-bond acceptors (Lipinski definition) is 3. The highest BCUT2D eigenvalue weighted by atomic mass is 35.5. The predicted molar refractivity (Wildman–Crippen MR) is 107 cm³/mol. The Morgan fingerprint density at radius 2 is 1.48 bits per heavy atom. The van der Waals surface area contributed by atoms with Crippen molar-refractivity contribution in [2.75, 3.05) is 11.9 Å². The van der Waals surface area contributed by atoms with Crippen LogP contribution in [0.1, 0.15) is 10.4 Å². The summed E-state index contributed by atoms with van der Waals surface area (Å²) >= 11 is 11.7. The molecule has 0 aliphatic heterocycles. The van der Waals surface area contributed by atoms with Crippen molar-refractivity contribution in [1.29, 1.82) is 0 Å². The van der Waals surface area contributed by atoms with Gasteiger partial charge < -0.3 is 10.1 Å². The van der Waals surface area contributed by atoms with Gasteiger partial charge in [0.15, 0.2) is 6.61 Å². The normalized spacial score (nSPS) is 10.3. The Labute approximate surface area is 166 Å². The lowest BCUT2D eigenvalue weighted by atomic mass is 10.0. The molecule has 0 saturated carbocycles. The summed E-state index contributed by atoms with van der Waals surface area (Å²) in [6.07, 6.45) is 0. The molecule has 0 spiro atoms. The van der Waals surface area contributed by atoms with Crippen LogP contribution < -0.4 is 5.32 Å². The average Bonchev–Trinajstić information content (AvgIpc) is 2.66. The fourth-order valence-corrected chi connectivity index (χ4v) is 3.06. The maximum Gasteiger partial charge on any atom is 0.338 e. The molecule has 0 aromatic heterocycles. The Morgan fingerprint density at radius 1 is 0.852 bits per heavy atom. The van der Waals surface area contributed by atoms with Gasteiger partial charge in [-0.3, -0.25) is 4.79 Å². The summed E-state index contributed by atoms with van der Waals surface area (Å²) in [6.45, 7) is -0.425. The summed E-state index contributed by atoms with van der Waals surface area (Å²) in [4.78, 5) is 24.3. The minimum absolute atomic E-state index is 0.185. The largest absolute Gasteiger partial charge is 0.452 e. The number of amides is 1. The summed E-state index contributed by atoms with van der Waals surface area (Å²) in [6, 6.07) is 21.4. The van der Waals surface area contributed by atoms with Gasteiger partial charge in [0.1, 0.15) is 0 Å². The molecule has 136 valence electrons. The zero-order chi connectivity index (χ0) is 19.2. The number of benzene rings is 3. The number of rotatable bonds is 5. The minimum atomic E-state index is -0.675. The molecule has 0 fully saturated rings. The molecule has 6 heteroatoms. The van der Waals surface area contributed by atoms with Crippen LogP contribution in [-0.4, -0.2) is 18.5 Å². The standard InChI is InChI=1S/C21H15Cl2NO3/c22-16-10-15(11-17(23)12-16)21(26)27-13-20(25)24-19-9-5-4-8-18(19)14-6-2-1-3-7-14/h1-12H,13H2,(H,24,25). The van der Waals surface area contributed by atoms with Gasteiger partial charge in [-0.2, -0.15) is 0 Å². The van der Waals surface area contributed by atoms with Gasteiger partial charge in [0.25, 0.3) is 5.91 Å². The number of para-hydroxylation sites is 1. The highest BCUT2D eigenvalue weighted by Crippen LogP contribution is 2.27. The Kier molecular flexibility index (Phi) is 6.12. The summed E-state index contributed by atoms with van der Waals surface area (Å²) in [5.41, 5.74) is 2.67. The number of carbonyl (C=O) groups excluding carboxylic acids is 2. The van der Waals surface area contributed by atoms with Crippen LogP contribution in [-0.2, 0) is 9.53 Å². The van der Waals surface area contributed by atoms with E-state index in [9.17, 15) is 9.59 Å². The van der Waals surface area contributed by atoms with Crippen molar-refractivity contribution in [3.05, 3.63) is 88.4 Å². The molecule has 0 unspecified atom stereocenters. The number of anilines is 1. The Balaban J connectivity index is 1.66. The van der Waals surface area contributed by atoms with Gasteiger partial charge in [0.05, 0.1) is 5.56 Å². The van der Waals surface area contributed by atoms with Crippen molar-refractivity contribution in [2.45, 2.75) is 0 Å². The first kappa shape index (κ1) is 19.0. The Morgan fingerprint density at radius 3 is 2.19 bits per heavy atom. The van der Waals surface area contributed by atoms with E-state index in [1.807, 2.05) is 48.5 Å². The third kappa shape index (κ3) is 5.09. The van der Waals surface area contributed by atoms with Crippen molar-refractivity contribution < 1.29 is 14.3 Å². The lowest BCUT2D eigenvalue weighted by molar-refractivity contribution is -0.119. The maximum atomic E-state index is 12.2. The van der Waals surface area contributed by atoms with Crippen molar-refractivity contribution in [3.8, 4) is 11.1 Å². The molecule has 0 atom stereocenters. The highest BCUT2D eigenvalue weighted by molar-refractivity contribution is 6.35. The van der Waals surface area contributed by atoms with E-state index >= 15 is 0 Å². The van der Waals surface area contributed by atoms with E-state index in [2.05, 4.69) is 5.32 Å². The molecule has 3 aromatic rings. The first-order chi connectivity index (χ1) is 13.0. The second kappa shape index (κ2) is 8.71. The van der Waals surface area contributed by atoms with E-state index in [0.717, 1.165) is 11.1 Å². The number of esters is 1. The molecule has 0 bridgehead atoms. The second-order valence-corrected chi connectivity index (χ2v) is 6.57. The van der Waals surface area contributed by atoms with Crippen molar-refractivity contribution in [3.63, 3.8) is 0 Å². The zero-order valence-electron chi connectivity index (χ0n) is 14.1. The summed E-state index contributed by atoms with van der Waals surface area (Å²) in [5, 5.41) is 3.40. The first-order valence-electron chi connectivity index (χ1n) is 8.10. The second-order valence-electron chi connectivity index (χ2n) is 5.69. The van der Waals surface area contributed by atoms with Crippen LogP contribution in [0.5, 0.6) is 0 Å². The molecule has 1 amide bonds. The van der Waals surface area contributed by atoms with Crippen LogP contribution in [0.4, 0.5) is 5.69 Å². The van der Waals surface area contributed by atoms with Gasteiger partial charge in [-0.1, -0.05) is 71.7 Å². The SMILES string of the molecule is O=C(COC(=O)c1cc(Cl)cc(Cl)c1)Nc1ccccc1-c1ccccc1. The van der Waals surface area contributed by atoms with Crippen LogP contribution in [0, 0.1) is 0 Å². The molecule has 1 N–H and O–H groups in total. The van der Waals surface area contributed by atoms with Crippen LogP contribution >= 0.6 is 23.2 Å². The highest BCUT2D eigenvalue weighted by Gasteiger charge is 2.13. The molecule has 4 nitrogen and oxygen atoms in total. The molecule has 0 aliphatic carbocycles. The molecule has 0 saturated heterocycles. The molecule has 27 heavy (non-hydrogen) atoms. The van der Waals surface area contributed by atoms with E-state index in [1.54, 1.807) is 6.07 Å². The number of halogens is 2. The first-order valence-corrected chi connectivity index (χ1v) is 8.86. The third-order valence-electron chi connectivity index (χ3n) is 3.72. The van der Waals surface area contributed by atoms with Gasteiger partial charge in [0.2, 0.25) is 0 Å².